The zero-order valence-electron chi connectivity index (χ0n) is 8.04. The second kappa shape index (κ2) is 3.56. The quantitative estimate of drug-likeness (QED) is 0.730. The summed E-state index contributed by atoms with van der Waals surface area (Å²) in [6.45, 7) is 1.93. The third kappa shape index (κ3) is 1.61. The van der Waals surface area contributed by atoms with Crippen LogP contribution in [0.15, 0.2) is 18.5 Å². The SMILES string of the molecule is CCOC(=O)c1cn2nccc2nc1O. The third-order valence-corrected chi connectivity index (χ3v) is 1.86. The topological polar surface area (TPSA) is 76.7 Å². The molecule has 78 valence electrons. The highest BCUT2D eigenvalue weighted by molar-refractivity contribution is 5.91. The van der Waals surface area contributed by atoms with Crippen LogP contribution in [0, 0.1) is 0 Å². The normalized spacial score (nSPS) is 10.5. The molecule has 0 aromatic carbocycles. The Hall–Kier alpha value is -2.11. The molecule has 6 heteroatoms. The van der Waals surface area contributed by atoms with E-state index in [1.807, 2.05) is 0 Å². The average Bonchev–Trinajstić information content (AvgIpc) is 2.63. The number of fused-ring (bicyclic) bond motifs is 1. The van der Waals surface area contributed by atoms with Gasteiger partial charge in [0.15, 0.2) is 5.65 Å². The molecule has 0 unspecified atom stereocenters. The lowest BCUT2D eigenvalue weighted by Crippen LogP contribution is -2.07. The molecule has 2 aromatic heterocycles. The smallest absolute Gasteiger partial charge is 0.345 e. The van der Waals surface area contributed by atoms with Crippen molar-refractivity contribution in [3.05, 3.63) is 24.0 Å². The number of carbonyl (C=O) groups is 1. The maximum absolute atomic E-state index is 11.4. The zero-order chi connectivity index (χ0) is 10.8. The van der Waals surface area contributed by atoms with Gasteiger partial charge in [-0.25, -0.2) is 9.31 Å². The van der Waals surface area contributed by atoms with Crippen molar-refractivity contribution in [1.29, 1.82) is 0 Å². The Bertz CT molecular complexity index is 506. The van der Waals surface area contributed by atoms with Crippen molar-refractivity contribution in [1.82, 2.24) is 14.6 Å². The van der Waals surface area contributed by atoms with Gasteiger partial charge in [0, 0.05) is 6.07 Å². The van der Waals surface area contributed by atoms with Crippen LogP contribution >= 0.6 is 0 Å². The molecule has 2 rings (SSSR count). The summed E-state index contributed by atoms with van der Waals surface area (Å²) >= 11 is 0. The number of aromatic hydroxyl groups is 1. The predicted molar refractivity (Wildman–Crippen MR) is 50.6 cm³/mol. The van der Waals surface area contributed by atoms with E-state index in [2.05, 4.69) is 10.1 Å². The summed E-state index contributed by atoms with van der Waals surface area (Å²) in [6, 6.07) is 1.62. The number of hydrogen-bond acceptors (Lipinski definition) is 5. The van der Waals surface area contributed by atoms with Crippen molar-refractivity contribution < 1.29 is 14.6 Å². The van der Waals surface area contributed by atoms with Gasteiger partial charge < -0.3 is 9.84 Å². The zero-order valence-corrected chi connectivity index (χ0v) is 8.04. The van der Waals surface area contributed by atoms with E-state index in [0.717, 1.165) is 0 Å². The molecule has 0 aliphatic rings. The highest BCUT2D eigenvalue weighted by Crippen LogP contribution is 2.15. The van der Waals surface area contributed by atoms with E-state index in [9.17, 15) is 9.90 Å². The number of nitrogens with zero attached hydrogens (tertiary/aromatic N) is 3. The van der Waals surface area contributed by atoms with Crippen LogP contribution in [0.2, 0.25) is 0 Å². The molecular formula is C9H9N3O3. The molecule has 0 saturated heterocycles. The fraction of sp³-hybridized carbons (Fsp3) is 0.222. The van der Waals surface area contributed by atoms with E-state index < -0.39 is 5.97 Å². The summed E-state index contributed by atoms with van der Waals surface area (Å²) in [5.41, 5.74) is 0.480. The second-order valence-electron chi connectivity index (χ2n) is 2.83. The Morgan fingerprint density at radius 2 is 2.47 bits per heavy atom. The Balaban J connectivity index is 2.50. The molecule has 0 fully saturated rings. The predicted octanol–water partition coefficient (Wildman–Crippen LogP) is 0.612. The van der Waals surface area contributed by atoms with Crippen LogP contribution in [0.25, 0.3) is 5.65 Å². The highest BCUT2D eigenvalue weighted by Gasteiger charge is 2.15. The van der Waals surface area contributed by atoms with Crippen molar-refractivity contribution in [2.24, 2.45) is 0 Å². The maximum Gasteiger partial charge on any atom is 0.345 e. The summed E-state index contributed by atoms with van der Waals surface area (Å²) in [5.74, 6) is -0.957. The first-order valence-electron chi connectivity index (χ1n) is 4.43. The Morgan fingerprint density at radius 3 is 3.20 bits per heavy atom. The van der Waals surface area contributed by atoms with Gasteiger partial charge in [0.25, 0.3) is 0 Å². The minimum absolute atomic E-state index is 0.00745. The number of hydrogen-bond donors (Lipinski definition) is 1. The fourth-order valence-corrected chi connectivity index (χ4v) is 1.20. The molecule has 15 heavy (non-hydrogen) atoms. The number of esters is 1. The summed E-state index contributed by atoms with van der Waals surface area (Å²) in [5, 5.41) is 13.4. The summed E-state index contributed by atoms with van der Waals surface area (Å²) in [7, 11) is 0. The van der Waals surface area contributed by atoms with Gasteiger partial charge in [-0.15, -0.1) is 0 Å². The van der Waals surface area contributed by atoms with Gasteiger partial charge in [0.05, 0.1) is 19.0 Å². The van der Waals surface area contributed by atoms with E-state index in [0.29, 0.717) is 5.65 Å². The molecule has 0 spiro atoms. The standard InChI is InChI=1S/C9H9N3O3/c1-2-15-9(14)6-5-12-7(3-4-10-12)11-8(6)13/h3-5H,2H2,1H3,(H,11,13). The van der Waals surface area contributed by atoms with Crippen LogP contribution in [0.3, 0.4) is 0 Å². The minimum Gasteiger partial charge on any atom is -0.493 e. The number of aromatic nitrogens is 3. The summed E-state index contributed by atoms with van der Waals surface area (Å²) in [4.78, 5) is 15.2. The first-order chi connectivity index (χ1) is 7.22. The molecule has 0 amide bonds. The lowest BCUT2D eigenvalue weighted by Gasteiger charge is -2.03. The monoisotopic (exact) mass is 207 g/mol. The van der Waals surface area contributed by atoms with Gasteiger partial charge >= 0.3 is 5.97 Å². The van der Waals surface area contributed by atoms with Crippen LogP contribution in [0.5, 0.6) is 5.88 Å². The lowest BCUT2D eigenvalue weighted by atomic mass is 10.3. The number of rotatable bonds is 2. The average molecular weight is 207 g/mol. The van der Waals surface area contributed by atoms with Crippen LogP contribution in [-0.2, 0) is 4.74 Å². The van der Waals surface area contributed by atoms with Gasteiger partial charge in [0.2, 0.25) is 5.88 Å². The van der Waals surface area contributed by atoms with Gasteiger partial charge in [-0.2, -0.15) is 10.1 Å². The maximum atomic E-state index is 11.4. The number of carbonyl (C=O) groups excluding carboxylic acids is 1. The molecular weight excluding hydrogens is 198 g/mol. The van der Waals surface area contributed by atoms with Gasteiger partial charge in [-0.3, -0.25) is 0 Å². The molecule has 1 N–H and O–H groups in total. The fourth-order valence-electron chi connectivity index (χ4n) is 1.20. The van der Waals surface area contributed by atoms with Crippen LogP contribution in [-0.4, -0.2) is 32.3 Å². The van der Waals surface area contributed by atoms with Gasteiger partial charge in [-0.1, -0.05) is 0 Å². The third-order valence-electron chi connectivity index (χ3n) is 1.86. The van der Waals surface area contributed by atoms with E-state index in [1.54, 1.807) is 13.0 Å². The lowest BCUT2D eigenvalue weighted by molar-refractivity contribution is 0.0521. The van der Waals surface area contributed by atoms with E-state index in [-0.39, 0.29) is 18.1 Å². The largest absolute Gasteiger partial charge is 0.493 e. The molecule has 2 aromatic rings. The Kier molecular flexibility index (Phi) is 2.24. The molecule has 0 radical (unpaired) electrons. The van der Waals surface area contributed by atoms with E-state index >= 15 is 0 Å². The molecule has 2 heterocycles. The van der Waals surface area contributed by atoms with Crippen molar-refractivity contribution in [3.63, 3.8) is 0 Å². The molecule has 6 nitrogen and oxygen atoms in total. The molecule has 0 saturated carbocycles. The van der Waals surface area contributed by atoms with Crippen LogP contribution in [0.1, 0.15) is 17.3 Å². The Morgan fingerprint density at radius 1 is 1.67 bits per heavy atom. The summed E-state index contributed by atoms with van der Waals surface area (Å²) < 4.78 is 6.15. The summed E-state index contributed by atoms with van der Waals surface area (Å²) in [6.07, 6.45) is 2.91. The Labute approximate surface area is 85.1 Å². The number of ether oxygens (including phenoxy) is 1. The minimum atomic E-state index is -0.611. The van der Waals surface area contributed by atoms with Crippen molar-refractivity contribution >= 4 is 11.6 Å². The van der Waals surface area contributed by atoms with Crippen molar-refractivity contribution in [2.45, 2.75) is 6.92 Å². The van der Waals surface area contributed by atoms with Gasteiger partial charge in [-0.05, 0) is 6.92 Å². The van der Waals surface area contributed by atoms with E-state index in [1.165, 1.54) is 16.9 Å². The molecule has 0 aliphatic heterocycles. The van der Waals surface area contributed by atoms with Crippen molar-refractivity contribution in [2.75, 3.05) is 6.61 Å². The van der Waals surface area contributed by atoms with Crippen LogP contribution in [0.4, 0.5) is 0 Å². The second-order valence-corrected chi connectivity index (χ2v) is 2.83. The van der Waals surface area contributed by atoms with Gasteiger partial charge in [0.1, 0.15) is 5.56 Å². The highest BCUT2D eigenvalue weighted by atomic mass is 16.5. The van der Waals surface area contributed by atoms with E-state index in [4.69, 9.17) is 4.74 Å². The molecule has 0 atom stereocenters. The first-order valence-corrected chi connectivity index (χ1v) is 4.43. The molecule has 0 bridgehead atoms. The van der Waals surface area contributed by atoms with Crippen LogP contribution < -0.4 is 0 Å². The first kappa shape index (κ1) is 9.45. The van der Waals surface area contributed by atoms with Crippen molar-refractivity contribution in [3.8, 4) is 5.88 Å². The molecule has 0 aliphatic carbocycles.